The average Bonchev–Trinajstić information content (AvgIpc) is 3.41. The van der Waals surface area contributed by atoms with Crippen LogP contribution in [0.15, 0.2) is 61.4 Å². The van der Waals surface area contributed by atoms with E-state index in [2.05, 4.69) is 30.6 Å². The average molecular weight is 361 g/mol. The van der Waals surface area contributed by atoms with Gasteiger partial charge < -0.3 is 10.1 Å². The van der Waals surface area contributed by atoms with Crippen LogP contribution in [0.3, 0.4) is 0 Å². The Balaban J connectivity index is 1.48. The zero-order chi connectivity index (χ0) is 18.5. The van der Waals surface area contributed by atoms with Crippen LogP contribution in [0.25, 0.3) is 17.1 Å². The maximum atomic E-state index is 5.31. The van der Waals surface area contributed by atoms with E-state index in [9.17, 15) is 0 Å². The molecule has 0 spiro atoms. The van der Waals surface area contributed by atoms with Gasteiger partial charge in [0.1, 0.15) is 18.4 Å². The molecule has 8 heteroatoms. The van der Waals surface area contributed by atoms with Crippen LogP contribution in [-0.4, -0.2) is 37.1 Å². The number of H-pyrrole nitrogens is 1. The third-order valence-corrected chi connectivity index (χ3v) is 4.21. The molecule has 3 aromatic heterocycles. The van der Waals surface area contributed by atoms with E-state index in [0.717, 1.165) is 34.0 Å². The normalized spacial score (nSPS) is 10.9. The molecule has 0 radical (unpaired) electrons. The fraction of sp³-hybridized carbons (Fsp3) is 0.158. The molecule has 0 atom stereocenters. The van der Waals surface area contributed by atoms with E-state index >= 15 is 0 Å². The third-order valence-electron chi connectivity index (χ3n) is 4.21. The van der Waals surface area contributed by atoms with E-state index in [-0.39, 0.29) is 0 Å². The number of aromatic nitrogens is 6. The zero-order valence-corrected chi connectivity index (χ0v) is 14.8. The fourth-order valence-electron chi connectivity index (χ4n) is 2.90. The molecule has 4 rings (SSSR count). The summed E-state index contributed by atoms with van der Waals surface area (Å²) in [5.41, 5.74) is 4.13. The first kappa shape index (κ1) is 16.9. The van der Waals surface area contributed by atoms with Crippen LogP contribution in [0, 0.1) is 0 Å². The molecule has 1 aromatic carbocycles. The van der Waals surface area contributed by atoms with E-state index in [1.807, 2.05) is 42.6 Å². The summed E-state index contributed by atoms with van der Waals surface area (Å²) < 4.78 is 6.97. The Labute approximate surface area is 156 Å². The van der Waals surface area contributed by atoms with E-state index in [0.29, 0.717) is 13.1 Å². The van der Waals surface area contributed by atoms with Gasteiger partial charge in [0, 0.05) is 36.0 Å². The van der Waals surface area contributed by atoms with Gasteiger partial charge in [-0.1, -0.05) is 18.2 Å². The molecule has 0 aliphatic carbocycles. The number of nitrogens with zero attached hydrogens (tertiary/aromatic N) is 5. The second kappa shape index (κ2) is 7.79. The molecule has 4 aromatic rings. The molecular formula is C19H19N7O. The molecule has 0 amide bonds. The quantitative estimate of drug-likeness (QED) is 0.525. The molecule has 2 N–H and O–H groups in total. The van der Waals surface area contributed by atoms with Crippen LogP contribution >= 0.6 is 0 Å². The molecule has 0 saturated carbocycles. The summed E-state index contributed by atoms with van der Waals surface area (Å²) in [6.45, 7) is 1.31. The van der Waals surface area contributed by atoms with Crippen molar-refractivity contribution in [1.29, 1.82) is 0 Å². The Bertz CT molecular complexity index is 1010. The van der Waals surface area contributed by atoms with Crippen LogP contribution in [0.5, 0.6) is 5.75 Å². The number of methoxy groups -OCH3 is 1. The lowest BCUT2D eigenvalue weighted by atomic mass is 10.1. The van der Waals surface area contributed by atoms with E-state index in [1.165, 1.54) is 6.33 Å². The summed E-state index contributed by atoms with van der Waals surface area (Å²) in [6, 6.07) is 11.8. The Kier molecular flexibility index (Phi) is 4.88. The second-order valence-corrected chi connectivity index (χ2v) is 5.93. The van der Waals surface area contributed by atoms with E-state index in [4.69, 9.17) is 4.74 Å². The summed E-state index contributed by atoms with van der Waals surface area (Å²) in [7, 11) is 1.66. The highest BCUT2D eigenvalue weighted by Gasteiger charge is 2.10. The van der Waals surface area contributed by atoms with Crippen molar-refractivity contribution in [2.24, 2.45) is 0 Å². The highest BCUT2D eigenvalue weighted by atomic mass is 16.5. The summed E-state index contributed by atoms with van der Waals surface area (Å²) in [5.74, 6) is 1.58. The minimum atomic E-state index is 0.645. The van der Waals surface area contributed by atoms with Crippen molar-refractivity contribution in [3.63, 3.8) is 0 Å². The first-order chi connectivity index (χ1) is 13.3. The monoisotopic (exact) mass is 361 g/mol. The van der Waals surface area contributed by atoms with Crippen molar-refractivity contribution in [3.8, 4) is 22.8 Å². The van der Waals surface area contributed by atoms with Crippen molar-refractivity contribution in [2.75, 3.05) is 7.11 Å². The number of aromatic amines is 1. The van der Waals surface area contributed by atoms with Gasteiger partial charge in [0.2, 0.25) is 0 Å². The minimum absolute atomic E-state index is 0.645. The smallest absolute Gasteiger partial charge is 0.159 e. The number of ether oxygens (including phenoxy) is 1. The van der Waals surface area contributed by atoms with Gasteiger partial charge in [-0.2, -0.15) is 10.2 Å². The second-order valence-electron chi connectivity index (χ2n) is 5.93. The van der Waals surface area contributed by atoms with E-state index < -0.39 is 0 Å². The predicted molar refractivity (Wildman–Crippen MR) is 100 cm³/mol. The number of hydrogen-bond donors (Lipinski definition) is 2. The third kappa shape index (κ3) is 3.70. The molecule has 0 unspecified atom stereocenters. The van der Waals surface area contributed by atoms with Crippen LogP contribution in [0.2, 0.25) is 0 Å². The van der Waals surface area contributed by atoms with Gasteiger partial charge in [-0.15, -0.1) is 0 Å². The van der Waals surface area contributed by atoms with Crippen LogP contribution in [0.1, 0.15) is 11.1 Å². The van der Waals surface area contributed by atoms with Gasteiger partial charge in [0.15, 0.2) is 5.82 Å². The maximum Gasteiger partial charge on any atom is 0.159 e. The summed E-state index contributed by atoms with van der Waals surface area (Å²) in [6.07, 6.45) is 6.72. The highest BCUT2D eigenvalue weighted by Crippen LogP contribution is 2.25. The molecule has 27 heavy (non-hydrogen) atoms. The van der Waals surface area contributed by atoms with Crippen molar-refractivity contribution >= 4 is 0 Å². The molecule has 0 aliphatic heterocycles. The molecular weight excluding hydrogens is 342 g/mol. The topological polar surface area (TPSA) is 93.5 Å². The van der Waals surface area contributed by atoms with Gasteiger partial charge >= 0.3 is 0 Å². The van der Waals surface area contributed by atoms with Gasteiger partial charge in [0.25, 0.3) is 0 Å². The maximum absolute atomic E-state index is 5.31. The minimum Gasteiger partial charge on any atom is -0.497 e. The molecule has 0 saturated heterocycles. The largest absolute Gasteiger partial charge is 0.497 e. The molecule has 0 aliphatic rings. The highest BCUT2D eigenvalue weighted by molar-refractivity contribution is 5.64. The van der Waals surface area contributed by atoms with E-state index in [1.54, 1.807) is 24.3 Å². The first-order valence-corrected chi connectivity index (χ1v) is 8.51. The number of hydrogen-bond acceptors (Lipinski definition) is 6. The summed E-state index contributed by atoms with van der Waals surface area (Å²) in [4.78, 5) is 8.40. The summed E-state index contributed by atoms with van der Waals surface area (Å²) in [5, 5.41) is 14.9. The van der Waals surface area contributed by atoms with Crippen molar-refractivity contribution < 1.29 is 4.74 Å². The lowest BCUT2D eigenvalue weighted by Crippen LogP contribution is -2.15. The SMILES string of the molecule is COc1cccc(-c2[nH]ncc2CNCc2cccnc2-n2cncn2)c1. The molecule has 0 fully saturated rings. The molecule has 0 bridgehead atoms. The first-order valence-electron chi connectivity index (χ1n) is 8.51. The number of benzene rings is 1. The van der Waals surface area contributed by atoms with Gasteiger partial charge in [0.05, 0.1) is 19.0 Å². The predicted octanol–water partition coefficient (Wildman–Crippen LogP) is 2.35. The fourth-order valence-corrected chi connectivity index (χ4v) is 2.90. The Hall–Kier alpha value is -3.52. The molecule has 136 valence electrons. The number of pyridine rings is 1. The Morgan fingerprint density at radius 1 is 1.15 bits per heavy atom. The van der Waals surface area contributed by atoms with Crippen molar-refractivity contribution in [1.82, 2.24) is 35.3 Å². The van der Waals surface area contributed by atoms with Crippen LogP contribution < -0.4 is 10.1 Å². The van der Waals surface area contributed by atoms with Crippen molar-refractivity contribution in [2.45, 2.75) is 13.1 Å². The molecule has 8 nitrogen and oxygen atoms in total. The number of rotatable bonds is 7. The molecule has 3 heterocycles. The lowest BCUT2D eigenvalue weighted by Gasteiger charge is -2.10. The van der Waals surface area contributed by atoms with Crippen LogP contribution in [0.4, 0.5) is 0 Å². The Morgan fingerprint density at radius 2 is 2.07 bits per heavy atom. The lowest BCUT2D eigenvalue weighted by molar-refractivity contribution is 0.415. The summed E-state index contributed by atoms with van der Waals surface area (Å²) >= 11 is 0. The van der Waals surface area contributed by atoms with Gasteiger partial charge in [-0.25, -0.2) is 14.6 Å². The zero-order valence-electron chi connectivity index (χ0n) is 14.8. The number of nitrogens with one attached hydrogen (secondary N) is 2. The van der Waals surface area contributed by atoms with Crippen LogP contribution in [-0.2, 0) is 13.1 Å². The standard InChI is InChI=1S/C19H19N7O/c1-27-17-6-2-4-14(8-17)18-16(11-23-25-18)10-20-9-15-5-3-7-22-19(15)26-13-21-12-24-26/h2-8,11-13,20H,9-10H2,1H3,(H,23,25). The Morgan fingerprint density at radius 3 is 2.93 bits per heavy atom. The van der Waals surface area contributed by atoms with Crippen molar-refractivity contribution in [3.05, 3.63) is 72.6 Å². The van der Waals surface area contributed by atoms with Gasteiger partial charge in [-0.3, -0.25) is 5.10 Å². The van der Waals surface area contributed by atoms with Gasteiger partial charge in [-0.05, 0) is 18.2 Å².